The summed E-state index contributed by atoms with van der Waals surface area (Å²) in [5, 5.41) is 9.26. The van der Waals surface area contributed by atoms with Gasteiger partial charge in [0.2, 0.25) is 0 Å². The van der Waals surface area contributed by atoms with Gasteiger partial charge >= 0.3 is 12.1 Å². The van der Waals surface area contributed by atoms with E-state index in [4.69, 9.17) is 0 Å². The molecule has 5 heteroatoms. The SMILES string of the molecule is C=C1CCN(C(=O)O)C(c2ccc(C(=O)OC)cc2)C1. The fourth-order valence-corrected chi connectivity index (χ4v) is 2.41. The lowest BCUT2D eigenvalue weighted by atomic mass is 9.92. The predicted octanol–water partition coefficient (Wildman–Crippen LogP) is 2.84. The number of nitrogens with zero attached hydrogens (tertiary/aromatic N) is 1. The number of hydrogen-bond acceptors (Lipinski definition) is 3. The Morgan fingerprint density at radius 2 is 2.00 bits per heavy atom. The molecule has 0 bridgehead atoms. The third-order valence-corrected chi connectivity index (χ3v) is 3.53. The number of methoxy groups -OCH3 is 1. The Labute approximate surface area is 117 Å². The highest BCUT2D eigenvalue weighted by molar-refractivity contribution is 5.89. The van der Waals surface area contributed by atoms with E-state index >= 15 is 0 Å². The summed E-state index contributed by atoms with van der Waals surface area (Å²) in [4.78, 5) is 24.1. The first-order valence-corrected chi connectivity index (χ1v) is 6.37. The van der Waals surface area contributed by atoms with Gasteiger partial charge in [-0.3, -0.25) is 0 Å². The molecule has 2 rings (SSSR count). The van der Waals surface area contributed by atoms with Gasteiger partial charge in [0.1, 0.15) is 0 Å². The zero-order valence-corrected chi connectivity index (χ0v) is 11.3. The molecule has 1 aliphatic heterocycles. The van der Waals surface area contributed by atoms with E-state index in [0.717, 1.165) is 11.1 Å². The molecule has 1 unspecified atom stereocenters. The van der Waals surface area contributed by atoms with Gasteiger partial charge in [0.25, 0.3) is 0 Å². The van der Waals surface area contributed by atoms with Crippen molar-refractivity contribution in [3.63, 3.8) is 0 Å². The van der Waals surface area contributed by atoms with Gasteiger partial charge in [-0.1, -0.05) is 24.3 Å². The van der Waals surface area contributed by atoms with E-state index in [-0.39, 0.29) is 6.04 Å². The minimum Gasteiger partial charge on any atom is -0.465 e. The topological polar surface area (TPSA) is 66.8 Å². The van der Waals surface area contributed by atoms with Gasteiger partial charge in [0.15, 0.2) is 0 Å². The highest BCUT2D eigenvalue weighted by atomic mass is 16.5. The number of ether oxygens (including phenoxy) is 1. The molecule has 106 valence electrons. The molecular formula is C15H17NO4. The molecule has 0 spiro atoms. The van der Waals surface area contributed by atoms with Crippen molar-refractivity contribution < 1.29 is 19.4 Å². The molecule has 1 fully saturated rings. The highest BCUT2D eigenvalue weighted by Crippen LogP contribution is 2.33. The van der Waals surface area contributed by atoms with Crippen molar-refractivity contribution in [2.24, 2.45) is 0 Å². The van der Waals surface area contributed by atoms with E-state index in [9.17, 15) is 14.7 Å². The predicted molar refractivity (Wildman–Crippen MR) is 73.6 cm³/mol. The molecule has 0 saturated carbocycles. The number of hydrogen-bond donors (Lipinski definition) is 1. The number of piperidine rings is 1. The average Bonchev–Trinajstić information content (AvgIpc) is 2.46. The third-order valence-electron chi connectivity index (χ3n) is 3.53. The molecule has 20 heavy (non-hydrogen) atoms. The van der Waals surface area contributed by atoms with Crippen LogP contribution in [0.5, 0.6) is 0 Å². The Bertz CT molecular complexity index is 535. The van der Waals surface area contributed by atoms with E-state index in [0.29, 0.717) is 24.9 Å². The largest absolute Gasteiger partial charge is 0.465 e. The summed E-state index contributed by atoms with van der Waals surface area (Å²) in [6, 6.07) is 6.61. The smallest absolute Gasteiger partial charge is 0.407 e. The van der Waals surface area contributed by atoms with E-state index < -0.39 is 12.1 Å². The van der Waals surface area contributed by atoms with Crippen molar-refractivity contribution in [1.82, 2.24) is 4.90 Å². The van der Waals surface area contributed by atoms with Gasteiger partial charge in [0, 0.05) is 6.54 Å². The van der Waals surface area contributed by atoms with Crippen LogP contribution in [-0.4, -0.2) is 35.7 Å². The second kappa shape index (κ2) is 5.77. The minimum atomic E-state index is -0.931. The lowest BCUT2D eigenvalue weighted by Gasteiger charge is -2.35. The summed E-state index contributed by atoms with van der Waals surface area (Å²) in [7, 11) is 1.33. The van der Waals surface area contributed by atoms with Gasteiger partial charge in [-0.2, -0.15) is 0 Å². The van der Waals surface area contributed by atoms with E-state index in [1.807, 2.05) is 0 Å². The lowest BCUT2D eigenvalue weighted by Crippen LogP contribution is -2.38. The molecular weight excluding hydrogens is 258 g/mol. The number of amides is 1. The van der Waals surface area contributed by atoms with Gasteiger partial charge in [0.05, 0.1) is 18.7 Å². The quantitative estimate of drug-likeness (QED) is 0.665. The van der Waals surface area contributed by atoms with Crippen molar-refractivity contribution in [3.05, 3.63) is 47.5 Å². The zero-order chi connectivity index (χ0) is 14.7. The molecule has 1 aromatic carbocycles. The van der Waals surface area contributed by atoms with Crippen LogP contribution in [0.25, 0.3) is 0 Å². The van der Waals surface area contributed by atoms with Crippen LogP contribution in [0.2, 0.25) is 0 Å². The molecule has 0 aliphatic carbocycles. The Morgan fingerprint density at radius 3 is 2.55 bits per heavy atom. The minimum absolute atomic E-state index is 0.236. The maximum Gasteiger partial charge on any atom is 0.407 e. The van der Waals surface area contributed by atoms with Crippen LogP contribution in [0.4, 0.5) is 4.79 Å². The summed E-state index contributed by atoms with van der Waals surface area (Å²) in [6.07, 6.45) is 0.381. The molecule has 0 radical (unpaired) electrons. The first-order valence-electron chi connectivity index (χ1n) is 6.37. The standard InChI is InChI=1S/C15H17NO4/c1-10-7-8-16(15(18)19)13(9-10)11-3-5-12(6-4-11)14(17)20-2/h3-6,13H,1,7-9H2,2H3,(H,18,19). The number of esters is 1. The summed E-state index contributed by atoms with van der Waals surface area (Å²) in [6.45, 7) is 4.40. The van der Waals surface area contributed by atoms with Gasteiger partial charge in [-0.05, 0) is 30.5 Å². The maximum absolute atomic E-state index is 11.4. The number of carboxylic acid groups (broad SMARTS) is 1. The summed E-state index contributed by atoms with van der Waals surface area (Å²) in [5.41, 5.74) is 2.36. The lowest BCUT2D eigenvalue weighted by molar-refractivity contribution is 0.0600. The van der Waals surface area contributed by atoms with Gasteiger partial charge < -0.3 is 14.7 Å². The van der Waals surface area contributed by atoms with Gasteiger partial charge in [-0.25, -0.2) is 9.59 Å². The Balaban J connectivity index is 2.25. The van der Waals surface area contributed by atoms with Crippen LogP contribution in [0.3, 0.4) is 0 Å². The first kappa shape index (κ1) is 14.1. The Kier molecular flexibility index (Phi) is 4.08. The number of likely N-dealkylation sites (tertiary alicyclic amines) is 1. The molecule has 5 nitrogen and oxygen atoms in total. The van der Waals surface area contributed by atoms with E-state index in [1.165, 1.54) is 12.0 Å². The summed E-state index contributed by atoms with van der Waals surface area (Å²) in [5.74, 6) is -0.403. The Hall–Kier alpha value is -2.30. The normalized spacial score (nSPS) is 18.8. The highest BCUT2D eigenvalue weighted by Gasteiger charge is 2.29. The number of rotatable bonds is 2. The van der Waals surface area contributed by atoms with Crippen LogP contribution in [0.15, 0.2) is 36.4 Å². The Morgan fingerprint density at radius 1 is 1.35 bits per heavy atom. The third kappa shape index (κ3) is 2.82. The van der Waals surface area contributed by atoms with E-state index in [2.05, 4.69) is 11.3 Å². The fraction of sp³-hybridized carbons (Fsp3) is 0.333. The van der Waals surface area contributed by atoms with Crippen LogP contribution < -0.4 is 0 Å². The molecule has 1 amide bonds. The van der Waals surface area contributed by atoms with Crippen LogP contribution >= 0.6 is 0 Å². The number of benzene rings is 1. The zero-order valence-electron chi connectivity index (χ0n) is 11.3. The molecule has 1 aliphatic rings. The number of carbonyl (C=O) groups excluding carboxylic acids is 1. The molecule has 1 aromatic rings. The summed E-state index contributed by atoms with van der Waals surface area (Å²) < 4.78 is 4.64. The summed E-state index contributed by atoms with van der Waals surface area (Å²) >= 11 is 0. The van der Waals surface area contributed by atoms with Crippen LogP contribution in [0, 0.1) is 0 Å². The average molecular weight is 275 g/mol. The first-order chi connectivity index (χ1) is 9.52. The molecule has 1 atom stereocenters. The monoisotopic (exact) mass is 275 g/mol. The van der Waals surface area contributed by atoms with Gasteiger partial charge in [-0.15, -0.1) is 0 Å². The van der Waals surface area contributed by atoms with Crippen molar-refractivity contribution in [2.45, 2.75) is 18.9 Å². The molecule has 1 heterocycles. The fourth-order valence-electron chi connectivity index (χ4n) is 2.41. The van der Waals surface area contributed by atoms with Crippen LogP contribution in [0.1, 0.15) is 34.8 Å². The number of carbonyl (C=O) groups is 2. The van der Waals surface area contributed by atoms with Crippen molar-refractivity contribution in [3.8, 4) is 0 Å². The maximum atomic E-state index is 11.4. The van der Waals surface area contributed by atoms with Crippen LogP contribution in [-0.2, 0) is 4.74 Å². The molecule has 0 aromatic heterocycles. The molecule has 1 N–H and O–H groups in total. The van der Waals surface area contributed by atoms with Crippen molar-refractivity contribution in [2.75, 3.05) is 13.7 Å². The second-order valence-corrected chi connectivity index (χ2v) is 4.81. The van der Waals surface area contributed by atoms with Crippen molar-refractivity contribution in [1.29, 1.82) is 0 Å². The second-order valence-electron chi connectivity index (χ2n) is 4.81. The van der Waals surface area contributed by atoms with E-state index in [1.54, 1.807) is 24.3 Å². The molecule has 1 saturated heterocycles. The van der Waals surface area contributed by atoms with Crippen molar-refractivity contribution >= 4 is 12.1 Å².